The Morgan fingerprint density at radius 2 is 1.84 bits per heavy atom. The van der Waals surface area contributed by atoms with Crippen molar-refractivity contribution in [2.45, 2.75) is 6.92 Å². The van der Waals surface area contributed by atoms with Crippen LogP contribution in [0.1, 0.15) is 21.6 Å². The lowest BCUT2D eigenvalue weighted by Gasteiger charge is -1.99. The molecule has 3 aromatic rings. The highest BCUT2D eigenvalue weighted by Crippen LogP contribution is 2.09. The molecule has 3 rings (SSSR count). The van der Waals surface area contributed by atoms with E-state index in [0.717, 1.165) is 5.69 Å². The number of hydrazone groups is 1. The number of benzene rings is 2. The van der Waals surface area contributed by atoms with Crippen LogP contribution in [0, 0.1) is 6.92 Å². The molecule has 0 unspecified atom stereocenters. The number of para-hydroxylation sites is 1. The number of hydrogen-bond acceptors (Lipinski definition) is 3. The van der Waals surface area contributed by atoms with Gasteiger partial charge in [-0.05, 0) is 43.3 Å². The SMILES string of the molecule is Cc1[nH]n(-c2ccccc2)c(=O)c1C=NNC(=O)c1ccc(Cl)cc1. The molecule has 1 aromatic heterocycles. The third-order valence-corrected chi connectivity index (χ3v) is 3.85. The molecule has 0 aliphatic heterocycles. The van der Waals surface area contributed by atoms with Crippen LogP contribution in [0.3, 0.4) is 0 Å². The fraction of sp³-hybridized carbons (Fsp3) is 0.0556. The lowest BCUT2D eigenvalue weighted by molar-refractivity contribution is 0.0955. The second-order valence-corrected chi connectivity index (χ2v) is 5.77. The topological polar surface area (TPSA) is 79.2 Å². The first-order valence-corrected chi connectivity index (χ1v) is 7.90. The fourth-order valence-electron chi connectivity index (χ4n) is 2.29. The summed E-state index contributed by atoms with van der Waals surface area (Å²) in [6.45, 7) is 1.77. The van der Waals surface area contributed by atoms with E-state index in [1.807, 2.05) is 30.3 Å². The van der Waals surface area contributed by atoms with Crippen molar-refractivity contribution in [3.8, 4) is 5.69 Å². The third-order valence-electron chi connectivity index (χ3n) is 3.60. The molecule has 1 heterocycles. The van der Waals surface area contributed by atoms with Crippen molar-refractivity contribution < 1.29 is 4.79 Å². The predicted molar refractivity (Wildman–Crippen MR) is 97.6 cm³/mol. The van der Waals surface area contributed by atoms with Gasteiger partial charge in [0.1, 0.15) is 0 Å². The maximum Gasteiger partial charge on any atom is 0.280 e. The van der Waals surface area contributed by atoms with Crippen LogP contribution in [0.15, 0.2) is 64.5 Å². The Hall–Kier alpha value is -3.12. The summed E-state index contributed by atoms with van der Waals surface area (Å²) in [5, 5.41) is 7.41. The molecule has 0 saturated carbocycles. The molecule has 126 valence electrons. The number of H-pyrrole nitrogens is 1. The van der Waals surface area contributed by atoms with Gasteiger partial charge < -0.3 is 0 Å². The van der Waals surface area contributed by atoms with Gasteiger partial charge in [-0.3, -0.25) is 14.7 Å². The highest BCUT2D eigenvalue weighted by Gasteiger charge is 2.10. The van der Waals surface area contributed by atoms with Crippen LogP contribution in [0.5, 0.6) is 0 Å². The Balaban J connectivity index is 1.78. The van der Waals surface area contributed by atoms with Crippen molar-refractivity contribution >= 4 is 23.7 Å². The van der Waals surface area contributed by atoms with Crippen molar-refractivity contribution in [2.75, 3.05) is 0 Å². The number of carbonyl (C=O) groups is 1. The maximum absolute atomic E-state index is 12.5. The van der Waals surface area contributed by atoms with Crippen molar-refractivity contribution in [3.05, 3.63) is 86.8 Å². The van der Waals surface area contributed by atoms with Gasteiger partial charge in [-0.2, -0.15) is 5.10 Å². The lowest BCUT2D eigenvalue weighted by Crippen LogP contribution is -2.20. The van der Waals surface area contributed by atoms with Gasteiger partial charge in [0.25, 0.3) is 11.5 Å². The van der Waals surface area contributed by atoms with Crippen LogP contribution in [0.25, 0.3) is 5.69 Å². The number of carbonyl (C=O) groups excluding carboxylic acids is 1. The third kappa shape index (κ3) is 3.70. The molecule has 25 heavy (non-hydrogen) atoms. The zero-order valence-corrected chi connectivity index (χ0v) is 14.1. The summed E-state index contributed by atoms with van der Waals surface area (Å²) < 4.78 is 1.43. The number of aromatic amines is 1. The molecule has 7 heteroatoms. The summed E-state index contributed by atoms with van der Waals surface area (Å²) >= 11 is 5.79. The molecular weight excluding hydrogens is 340 g/mol. The highest BCUT2D eigenvalue weighted by molar-refractivity contribution is 6.30. The highest BCUT2D eigenvalue weighted by atomic mass is 35.5. The van der Waals surface area contributed by atoms with Gasteiger partial charge in [0, 0.05) is 16.3 Å². The summed E-state index contributed by atoms with van der Waals surface area (Å²) in [5.41, 5.74) is 4.33. The summed E-state index contributed by atoms with van der Waals surface area (Å²) in [7, 11) is 0. The first-order chi connectivity index (χ1) is 12.1. The molecule has 6 nitrogen and oxygen atoms in total. The lowest BCUT2D eigenvalue weighted by atomic mass is 10.2. The Kier molecular flexibility index (Phi) is 4.81. The molecule has 2 aromatic carbocycles. The van der Waals surface area contributed by atoms with E-state index in [-0.39, 0.29) is 11.5 Å². The van der Waals surface area contributed by atoms with Crippen LogP contribution in [-0.2, 0) is 0 Å². The molecular formula is C18H15ClN4O2. The van der Waals surface area contributed by atoms with Gasteiger partial charge in [0.15, 0.2) is 0 Å². The van der Waals surface area contributed by atoms with Gasteiger partial charge in [0.2, 0.25) is 0 Å². The second-order valence-electron chi connectivity index (χ2n) is 5.33. The number of nitrogens with one attached hydrogen (secondary N) is 2. The number of halogens is 1. The minimum absolute atomic E-state index is 0.242. The monoisotopic (exact) mass is 354 g/mol. The zero-order chi connectivity index (χ0) is 17.8. The summed E-state index contributed by atoms with van der Waals surface area (Å²) in [6.07, 6.45) is 1.33. The Bertz CT molecular complexity index is 973. The maximum atomic E-state index is 12.5. The second kappa shape index (κ2) is 7.19. The van der Waals surface area contributed by atoms with E-state index in [9.17, 15) is 9.59 Å². The number of amides is 1. The van der Waals surface area contributed by atoms with Gasteiger partial charge in [0.05, 0.1) is 17.5 Å². The van der Waals surface area contributed by atoms with Crippen LogP contribution in [0.4, 0.5) is 0 Å². The molecule has 0 radical (unpaired) electrons. The first-order valence-electron chi connectivity index (χ1n) is 7.52. The van der Waals surface area contributed by atoms with Gasteiger partial charge >= 0.3 is 0 Å². The predicted octanol–water partition coefficient (Wildman–Crippen LogP) is 2.89. The average Bonchev–Trinajstić information content (AvgIpc) is 2.91. The standard InChI is InChI=1S/C18H15ClN4O2/c1-12-16(18(25)23(22-12)15-5-3-2-4-6-15)11-20-21-17(24)13-7-9-14(19)10-8-13/h2-11,22H,1H3,(H,21,24). The molecule has 0 saturated heterocycles. The van der Waals surface area contributed by atoms with Crippen LogP contribution in [0.2, 0.25) is 5.02 Å². The zero-order valence-electron chi connectivity index (χ0n) is 13.4. The van der Waals surface area contributed by atoms with Crippen molar-refractivity contribution in [1.82, 2.24) is 15.2 Å². The normalized spacial score (nSPS) is 11.0. The van der Waals surface area contributed by atoms with E-state index in [2.05, 4.69) is 15.6 Å². The first kappa shape index (κ1) is 16.7. The van der Waals surface area contributed by atoms with Crippen LogP contribution in [-0.4, -0.2) is 21.9 Å². The molecule has 1 amide bonds. The van der Waals surface area contributed by atoms with E-state index < -0.39 is 0 Å². The molecule has 2 N–H and O–H groups in total. The van der Waals surface area contributed by atoms with Crippen molar-refractivity contribution in [3.63, 3.8) is 0 Å². The number of rotatable bonds is 4. The summed E-state index contributed by atoms with van der Waals surface area (Å²) in [6, 6.07) is 15.6. The number of nitrogens with zero attached hydrogens (tertiary/aromatic N) is 2. The summed E-state index contributed by atoms with van der Waals surface area (Å²) in [5.74, 6) is -0.385. The molecule has 0 atom stereocenters. The molecule has 0 fully saturated rings. The Morgan fingerprint density at radius 3 is 2.52 bits per heavy atom. The smallest absolute Gasteiger partial charge is 0.280 e. The van der Waals surface area contributed by atoms with Gasteiger partial charge in [-0.1, -0.05) is 29.8 Å². The Morgan fingerprint density at radius 1 is 1.16 bits per heavy atom. The molecule has 0 aliphatic carbocycles. The van der Waals surface area contributed by atoms with Gasteiger partial charge in [-0.25, -0.2) is 10.1 Å². The van der Waals surface area contributed by atoms with E-state index in [1.165, 1.54) is 10.9 Å². The van der Waals surface area contributed by atoms with E-state index in [1.54, 1.807) is 31.2 Å². The van der Waals surface area contributed by atoms with E-state index >= 15 is 0 Å². The van der Waals surface area contributed by atoms with E-state index in [0.29, 0.717) is 21.8 Å². The van der Waals surface area contributed by atoms with Gasteiger partial charge in [-0.15, -0.1) is 0 Å². The molecule has 0 spiro atoms. The minimum Gasteiger partial charge on any atom is -0.295 e. The summed E-state index contributed by atoms with van der Waals surface area (Å²) in [4.78, 5) is 24.5. The largest absolute Gasteiger partial charge is 0.295 e. The van der Waals surface area contributed by atoms with E-state index in [4.69, 9.17) is 11.6 Å². The van der Waals surface area contributed by atoms with Crippen molar-refractivity contribution in [2.24, 2.45) is 5.10 Å². The quantitative estimate of drug-likeness (QED) is 0.558. The van der Waals surface area contributed by atoms with Crippen molar-refractivity contribution in [1.29, 1.82) is 0 Å². The Labute approximate surface area is 148 Å². The number of aryl methyl sites for hydroxylation is 1. The van der Waals surface area contributed by atoms with Crippen LogP contribution < -0.4 is 11.0 Å². The molecule has 0 bridgehead atoms. The fourth-order valence-corrected chi connectivity index (χ4v) is 2.42. The molecule has 0 aliphatic rings. The number of hydrogen-bond donors (Lipinski definition) is 2. The average molecular weight is 355 g/mol. The minimum atomic E-state index is -0.385. The number of aromatic nitrogens is 2. The van der Waals surface area contributed by atoms with Crippen LogP contribution >= 0.6 is 11.6 Å².